The van der Waals surface area contributed by atoms with E-state index in [1.54, 1.807) is 0 Å². The Balaban J connectivity index is 2.07. The lowest BCUT2D eigenvalue weighted by atomic mass is 10.1. The average Bonchev–Trinajstić information content (AvgIpc) is 2.82. The largest absolute Gasteiger partial charge is 0.394 e. The Morgan fingerprint density at radius 3 is 2.80 bits per heavy atom. The summed E-state index contributed by atoms with van der Waals surface area (Å²) in [4.78, 5) is 0. The second-order valence-corrected chi connectivity index (χ2v) is 5.18. The van der Waals surface area contributed by atoms with Crippen LogP contribution in [0, 0.1) is 0 Å². The van der Waals surface area contributed by atoms with E-state index in [1.165, 1.54) is 0 Å². The Bertz CT molecular complexity index is 269. The van der Waals surface area contributed by atoms with Gasteiger partial charge in [-0.2, -0.15) is 0 Å². The van der Waals surface area contributed by atoms with Crippen molar-refractivity contribution in [2.75, 3.05) is 19.8 Å². The van der Waals surface area contributed by atoms with Gasteiger partial charge in [0.25, 0.3) is 0 Å². The smallest absolute Gasteiger partial charge is 0.114 e. The van der Waals surface area contributed by atoms with Gasteiger partial charge in [0.1, 0.15) is 24.4 Å². The van der Waals surface area contributed by atoms with Crippen LogP contribution in [0.25, 0.3) is 0 Å². The molecule has 0 aromatic rings. The van der Waals surface area contributed by atoms with E-state index in [2.05, 4.69) is 19.1 Å². The molecule has 1 saturated heterocycles. The maximum absolute atomic E-state index is 9.92. The van der Waals surface area contributed by atoms with E-state index >= 15 is 0 Å². The molecule has 20 heavy (non-hydrogen) atoms. The maximum Gasteiger partial charge on any atom is 0.114 e. The van der Waals surface area contributed by atoms with Gasteiger partial charge in [-0.05, 0) is 25.7 Å². The molecular weight excluding hydrogens is 260 g/mol. The molecular formula is C15H28O5. The van der Waals surface area contributed by atoms with Crippen molar-refractivity contribution in [1.29, 1.82) is 0 Å². The zero-order valence-electron chi connectivity index (χ0n) is 12.3. The van der Waals surface area contributed by atoms with Gasteiger partial charge in [-0.15, -0.1) is 0 Å². The van der Waals surface area contributed by atoms with Gasteiger partial charge >= 0.3 is 0 Å². The molecule has 1 rings (SSSR count). The van der Waals surface area contributed by atoms with E-state index in [1.807, 2.05) is 0 Å². The van der Waals surface area contributed by atoms with Crippen LogP contribution in [0.5, 0.6) is 0 Å². The van der Waals surface area contributed by atoms with E-state index in [9.17, 15) is 10.2 Å². The number of hydrogen-bond acceptors (Lipinski definition) is 5. The van der Waals surface area contributed by atoms with Crippen LogP contribution in [-0.4, -0.2) is 59.6 Å². The third-order valence-electron chi connectivity index (χ3n) is 3.49. The summed E-state index contributed by atoms with van der Waals surface area (Å²) in [6.07, 6.45) is 6.70. The van der Waals surface area contributed by atoms with Crippen LogP contribution in [0.15, 0.2) is 12.2 Å². The minimum atomic E-state index is -1.05. The lowest BCUT2D eigenvalue weighted by molar-refractivity contribution is -0.0730. The Morgan fingerprint density at radius 1 is 1.30 bits per heavy atom. The highest BCUT2D eigenvalue weighted by atomic mass is 16.6. The maximum atomic E-state index is 9.92. The monoisotopic (exact) mass is 288 g/mol. The van der Waals surface area contributed by atoms with E-state index in [0.717, 1.165) is 32.1 Å². The van der Waals surface area contributed by atoms with Gasteiger partial charge in [-0.3, -0.25) is 0 Å². The van der Waals surface area contributed by atoms with Gasteiger partial charge in [0.05, 0.1) is 13.2 Å². The third-order valence-corrected chi connectivity index (χ3v) is 3.49. The lowest BCUT2D eigenvalue weighted by Crippen LogP contribution is -2.41. The quantitative estimate of drug-likeness (QED) is 0.413. The van der Waals surface area contributed by atoms with Crippen molar-refractivity contribution in [3.8, 4) is 0 Å². The Labute approximate surface area is 121 Å². The highest BCUT2D eigenvalue weighted by Crippen LogP contribution is 2.20. The molecule has 1 aliphatic rings. The molecule has 4 atom stereocenters. The molecule has 0 saturated carbocycles. The summed E-state index contributed by atoms with van der Waals surface area (Å²) in [6, 6.07) is 0. The molecule has 5 nitrogen and oxygen atoms in total. The van der Waals surface area contributed by atoms with Gasteiger partial charge in [0.2, 0.25) is 0 Å². The van der Waals surface area contributed by atoms with E-state index < -0.39 is 31.0 Å². The molecule has 1 fully saturated rings. The van der Waals surface area contributed by atoms with Gasteiger partial charge in [0.15, 0.2) is 0 Å². The van der Waals surface area contributed by atoms with Crippen LogP contribution in [0.3, 0.4) is 0 Å². The summed E-state index contributed by atoms with van der Waals surface area (Å²) >= 11 is 0. The van der Waals surface area contributed by atoms with Crippen molar-refractivity contribution in [3.05, 3.63) is 12.2 Å². The number of rotatable bonds is 10. The van der Waals surface area contributed by atoms with Crippen LogP contribution in [0.2, 0.25) is 0 Å². The molecule has 0 bridgehead atoms. The first-order valence-electron chi connectivity index (χ1n) is 7.55. The molecule has 1 aliphatic heterocycles. The zero-order chi connectivity index (χ0) is 14.8. The van der Waals surface area contributed by atoms with Crippen molar-refractivity contribution in [2.24, 2.45) is 0 Å². The Morgan fingerprint density at radius 2 is 2.10 bits per heavy atom. The van der Waals surface area contributed by atoms with Crippen molar-refractivity contribution in [2.45, 2.75) is 63.4 Å². The highest BCUT2D eigenvalue weighted by Gasteiger charge is 2.40. The molecule has 3 N–H and O–H groups in total. The molecule has 0 aliphatic carbocycles. The Kier molecular flexibility index (Phi) is 9.05. The first-order valence-corrected chi connectivity index (χ1v) is 7.55. The van der Waals surface area contributed by atoms with Crippen molar-refractivity contribution in [1.82, 2.24) is 0 Å². The number of aliphatic hydroxyl groups excluding tert-OH is 3. The number of unbranched alkanes of at least 4 members (excludes halogenated alkanes) is 3. The first kappa shape index (κ1) is 17.6. The summed E-state index contributed by atoms with van der Waals surface area (Å²) in [7, 11) is 0. The van der Waals surface area contributed by atoms with Crippen LogP contribution < -0.4 is 0 Å². The van der Waals surface area contributed by atoms with Gasteiger partial charge in [-0.1, -0.05) is 25.5 Å². The summed E-state index contributed by atoms with van der Waals surface area (Å²) in [6.45, 7) is 2.56. The molecule has 0 aromatic heterocycles. The van der Waals surface area contributed by atoms with E-state index in [4.69, 9.17) is 14.6 Å². The molecule has 5 heteroatoms. The predicted molar refractivity (Wildman–Crippen MR) is 76.5 cm³/mol. The molecule has 0 spiro atoms. The van der Waals surface area contributed by atoms with Crippen molar-refractivity contribution >= 4 is 0 Å². The topological polar surface area (TPSA) is 79.2 Å². The summed E-state index contributed by atoms with van der Waals surface area (Å²) < 4.78 is 10.8. The van der Waals surface area contributed by atoms with Crippen molar-refractivity contribution < 1.29 is 24.8 Å². The second kappa shape index (κ2) is 10.3. The molecule has 0 aromatic carbocycles. The molecule has 0 unspecified atom stereocenters. The van der Waals surface area contributed by atoms with Crippen LogP contribution >= 0.6 is 0 Å². The number of allylic oxidation sites excluding steroid dienone is 2. The number of ether oxygens (including phenoxy) is 2. The average molecular weight is 288 g/mol. The fourth-order valence-corrected chi connectivity index (χ4v) is 2.26. The van der Waals surface area contributed by atoms with E-state index in [-0.39, 0.29) is 6.61 Å². The van der Waals surface area contributed by atoms with Crippen molar-refractivity contribution in [3.63, 3.8) is 0 Å². The number of aliphatic hydroxyl groups is 3. The summed E-state index contributed by atoms with van der Waals surface area (Å²) in [5, 5.41) is 28.2. The van der Waals surface area contributed by atoms with Gasteiger partial charge in [-0.25, -0.2) is 0 Å². The minimum absolute atomic E-state index is 0.266. The summed E-state index contributed by atoms with van der Waals surface area (Å²) in [5.74, 6) is 0. The van der Waals surface area contributed by atoms with Crippen LogP contribution in [0.1, 0.15) is 39.0 Å². The summed E-state index contributed by atoms with van der Waals surface area (Å²) in [5.41, 5.74) is 0. The SMILES string of the molecule is CC/C=C/CCCCCO[C@@H]1CO[C@H]([C@@H](O)CO)[C@@H]1O. The minimum Gasteiger partial charge on any atom is -0.394 e. The molecule has 118 valence electrons. The highest BCUT2D eigenvalue weighted by molar-refractivity contribution is 4.88. The number of hydrogen-bond donors (Lipinski definition) is 3. The molecule has 1 heterocycles. The van der Waals surface area contributed by atoms with Crippen LogP contribution in [0.4, 0.5) is 0 Å². The van der Waals surface area contributed by atoms with Crippen LogP contribution in [-0.2, 0) is 9.47 Å². The molecule has 0 radical (unpaired) electrons. The normalized spacial score (nSPS) is 28.3. The Hall–Kier alpha value is -0.460. The fraction of sp³-hybridized carbons (Fsp3) is 0.867. The second-order valence-electron chi connectivity index (χ2n) is 5.18. The molecule has 0 amide bonds. The van der Waals surface area contributed by atoms with Gasteiger partial charge < -0.3 is 24.8 Å². The zero-order valence-corrected chi connectivity index (χ0v) is 12.3. The standard InChI is InChI=1S/C15H28O5/c1-2-3-4-5-6-7-8-9-19-13-11-20-15(14(13)18)12(17)10-16/h3-4,12-18H,2,5-11H2,1H3/b4-3+/t12-,13+,14+,15+/m0/s1. The van der Waals surface area contributed by atoms with E-state index in [0.29, 0.717) is 6.61 Å². The third kappa shape index (κ3) is 5.89. The first-order chi connectivity index (χ1) is 9.70. The fourth-order valence-electron chi connectivity index (χ4n) is 2.26. The van der Waals surface area contributed by atoms with Gasteiger partial charge in [0, 0.05) is 6.61 Å². The lowest BCUT2D eigenvalue weighted by Gasteiger charge is -2.20. The predicted octanol–water partition coefficient (Wildman–Crippen LogP) is 1.01.